The molecule has 15 heavy (non-hydrogen) atoms. The third-order valence-corrected chi connectivity index (χ3v) is 2.08. The summed E-state index contributed by atoms with van der Waals surface area (Å²) in [7, 11) is 0. The van der Waals surface area contributed by atoms with Gasteiger partial charge in [-0.2, -0.15) is 0 Å². The maximum atomic E-state index is 5.89. The van der Waals surface area contributed by atoms with Crippen molar-refractivity contribution in [3.05, 3.63) is 30.5 Å². The topological polar surface area (TPSA) is 48.1 Å². The Morgan fingerprint density at radius 2 is 2.13 bits per heavy atom. The van der Waals surface area contributed by atoms with Crippen molar-refractivity contribution in [1.82, 2.24) is 4.98 Å². The van der Waals surface area contributed by atoms with Crippen molar-refractivity contribution in [1.29, 1.82) is 0 Å². The van der Waals surface area contributed by atoms with Crippen LogP contribution in [0.4, 0.5) is 5.69 Å². The standard InChI is InChI=1S/C12H14N2O/c1-8(2)15-10-6-9-4-3-5-14-12(9)11(13)7-10/h3-8H,13H2,1-2H3. The Hall–Kier alpha value is -1.77. The van der Waals surface area contributed by atoms with E-state index in [1.54, 1.807) is 6.20 Å². The number of benzene rings is 1. The number of nitrogen functional groups attached to an aromatic ring is 1. The molecule has 3 nitrogen and oxygen atoms in total. The zero-order valence-corrected chi connectivity index (χ0v) is 8.90. The molecule has 0 unspecified atom stereocenters. The van der Waals surface area contributed by atoms with Gasteiger partial charge in [-0.25, -0.2) is 0 Å². The monoisotopic (exact) mass is 202 g/mol. The Labute approximate surface area is 88.9 Å². The van der Waals surface area contributed by atoms with Gasteiger partial charge in [-0.1, -0.05) is 6.07 Å². The second kappa shape index (κ2) is 3.77. The van der Waals surface area contributed by atoms with Crippen molar-refractivity contribution < 1.29 is 4.74 Å². The number of rotatable bonds is 2. The second-order valence-corrected chi connectivity index (χ2v) is 3.75. The minimum Gasteiger partial charge on any atom is -0.491 e. The zero-order valence-electron chi connectivity index (χ0n) is 8.90. The number of anilines is 1. The molecule has 0 saturated heterocycles. The van der Waals surface area contributed by atoms with Crippen molar-refractivity contribution in [2.24, 2.45) is 0 Å². The molecule has 1 aromatic heterocycles. The van der Waals surface area contributed by atoms with Gasteiger partial charge in [0.15, 0.2) is 0 Å². The largest absolute Gasteiger partial charge is 0.491 e. The van der Waals surface area contributed by atoms with Crippen LogP contribution >= 0.6 is 0 Å². The molecule has 1 heterocycles. The molecule has 0 aliphatic carbocycles. The summed E-state index contributed by atoms with van der Waals surface area (Å²) in [6.07, 6.45) is 1.89. The Morgan fingerprint density at radius 1 is 1.33 bits per heavy atom. The Kier molecular flexibility index (Phi) is 2.46. The van der Waals surface area contributed by atoms with Crippen LogP contribution in [0.2, 0.25) is 0 Å². The Balaban J connectivity index is 2.52. The molecule has 0 saturated carbocycles. The average molecular weight is 202 g/mol. The SMILES string of the molecule is CC(C)Oc1cc(N)c2ncccc2c1. The fourth-order valence-electron chi connectivity index (χ4n) is 1.53. The van der Waals surface area contributed by atoms with E-state index in [1.165, 1.54) is 0 Å². The summed E-state index contributed by atoms with van der Waals surface area (Å²) in [5.41, 5.74) is 7.37. The van der Waals surface area contributed by atoms with E-state index in [1.807, 2.05) is 38.1 Å². The van der Waals surface area contributed by atoms with Gasteiger partial charge in [0, 0.05) is 17.6 Å². The maximum Gasteiger partial charge on any atom is 0.122 e. The van der Waals surface area contributed by atoms with Gasteiger partial charge in [0.2, 0.25) is 0 Å². The van der Waals surface area contributed by atoms with E-state index >= 15 is 0 Å². The summed E-state index contributed by atoms with van der Waals surface area (Å²) in [5.74, 6) is 0.794. The minimum absolute atomic E-state index is 0.151. The van der Waals surface area contributed by atoms with Gasteiger partial charge in [-0.3, -0.25) is 4.98 Å². The summed E-state index contributed by atoms with van der Waals surface area (Å²) < 4.78 is 5.60. The Morgan fingerprint density at radius 3 is 2.87 bits per heavy atom. The van der Waals surface area contributed by atoms with Gasteiger partial charge in [0.25, 0.3) is 0 Å². The molecule has 0 bridgehead atoms. The van der Waals surface area contributed by atoms with E-state index in [0.717, 1.165) is 16.7 Å². The first-order valence-electron chi connectivity index (χ1n) is 4.98. The zero-order chi connectivity index (χ0) is 10.8. The van der Waals surface area contributed by atoms with Crippen LogP contribution in [-0.4, -0.2) is 11.1 Å². The van der Waals surface area contributed by atoms with E-state index in [0.29, 0.717) is 5.69 Å². The molecule has 0 fully saturated rings. The molecular formula is C12H14N2O. The number of ether oxygens (including phenoxy) is 1. The summed E-state index contributed by atoms with van der Waals surface area (Å²) in [6, 6.07) is 7.64. The van der Waals surface area contributed by atoms with Crippen LogP contribution in [0.15, 0.2) is 30.5 Å². The molecule has 0 aliphatic heterocycles. The lowest BCUT2D eigenvalue weighted by Gasteiger charge is -2.11. The van der Waals surface area contributed by atoms with E-state index in [4.69, 9.17) is 10.5 Å². The molecule has 2 rings (SSSR count). The summed E-state index contributed by atoms with van der Waals surface area (Å²) in [5, 5.41) is 1.01. The molecule has 0 atom stereocenters. The van der Waals surface area contributed by atoms with E-state index in [-0.39, 0.29) is 6.10 Å². The van der Waals surface area contributed by atoms with Gasteiger partial charge in [0.05, 0.1) is 17.3 Å². The lowest BCUT2D eigenvalue weighted by atomic mass is 10.2. The second-order valence-electron chi connectivity index (χ2n) is 3.75. The fraction of sp³-hybridized carbons (Fsp3) is 0.250. The fourth-order valence-corrected chi connectivity index (χ4v) is 1.53. The number of pyridine rings is 1. The van der Waals surface area contributed by atoms with E-state index in [2.05, 4.69) is 4.98 Å². The molecular weight excluding hydrogens is 188 g/mol. The van der Waals surface area contributed by atoms with Crippen LogP contribution in [0.1, 0.15) is 13.8 Å². The van der Waals surface area contributed by atoms with Crippen molar-refractivity contribution in [2.45, 2.75) is 20.0 Å². The molecule has 2 aromatic rings. The molecule has 0 radical (unpaired) electrons. The van der Waals surface area contributed by atoms with Crippen LogP contribution in [0.25, 0.3) is 10.9 Å². The highest BCUT2D eigenvalue weighted by molar-refractivity contribution is 5.90. The molecule has 3 heteroatoms. The number of hydrogen-bond donors (Lipinski definition) is 1. The summed E-state index contributed by atoms with van der Waals surface area (Å²) in [6.45, 7) is 3.98. The van der Waals surface area contributed by atoms with Gasteiger partial charge in [-0.15, -0.1) is 0 Å². The summed E-state index contributed by atoms with van der Waals surface area (Å²) in [4.78, 5) is 4.22. The van der Waals surface area contributed by atoms with E-state index in [9.17, 15) is 0 Å². The van der Waals surface area contributed by atoms with Crippen LogP contribution < -0.4 is 10.5 Å². The van der Waals surface area contributed by atoms with Crippen LogP contribution in [-0.2, 0) is 0 Å². The third-order valence-electron chi connectivity index (χ3n) is 2.08. The first kappa shape index (κ1) is 9.77. The predicted molar refractivity (Wildman–Crippen MR) is 61.9 cm³/mol. The number of hydrogen-bond acceptors (Lipinski definition) is 3. The summed E-state index contributed by atoms with van der Waals surface area (Å²) >= 11 is 0. The predicted octanol–water partition coefficient (Wildman–Crippen LogP) is 2.60. The molecule has 0 aliphatic rings. The molecule has 2 N–H and O–H groups in total. The molecule has 0 spiro atoms. The number of fused-ring (bicyclic) bond motifs is 1. The van der Waals surface area contributed by atoms with Gasteiger partial charge < -0.3 is 10.5 Å². The molecule has 1 aromatic carbocycles. The van der Waals surface area contributed by atoms with Crippen LogP contribution in [0.5, 0.6) is 5.75 Å². The van der Waals surface area contributed by atoms with Gasteiger partial charge in [0.1, 0.15) is 5.75 Å². The average Bonchev–Trinajstić information content (AvgIpc) is 2.16. The smallest absolute Gasteiger partial charge is 0.122 e. The van der Waals surface area contributed by atoms with Crippen LogP contribution in [0.3, 0.4) is 0 Å². The first-order valence-corrected chi connectivity index (χ1v) is 4.98. The molecule has 78 valence electrons. The first-order chi connectivity index (χ1) is 7.16. The van der Waals surface area contributed by atoms with Crippen molar-refractivity contribution in [3.63, 3.8) is 0 Å². The quantitative estimate of drug-likeness (QED) is 0.761. The lowest BCUT2D eigenvalue weighted by molar-refractivity contribution is 0.243. The normalized spacial score (nSPS) is 10.9. The highest BCUT2D eigenvalue weighted by Crippen LogP contribution is 2.25. The van der Waals surface area contributed by atoms with E-state index < -0.39 is 0 Å². The number of nitrogens with two attached hydrogens (primary N) is 1. The minimum atomic E-state index is 0.151. The highest BCUT2D eigenvalue weighted by atomic mass is 16.5. The highest BCUT2D eigenvalue weighted by Gasteiger charge is 2.04. The van der Waals surface area contributed by atoms with Crippen LogP contribution in [0, 0.1) is 0 Å². The number of aromatic nitrogens is 1. The van der Waals surface area contributed by atoms with Gasteiger partial charge >= 0.3 is 0 Å². The maximum absolute atomic E-state index is 5.89. The van der Waals surface area contributed by atoms with Gasteiger partial charge in [-0.05, 0) is 26.0 Å². The third kappa shape index (κ3) is 2.01. The molecule has 0 amide bonds. The Bertz CT molecular complexity index is 480. The number of nitrogens with zero attached hydrogens (tertiary/aromatic N) is 1. The lowest BCUT2D eigenvalue weighted by Crippen LogP contribution is -2.06. The van der Waals surface area contributed by atoms with Crippen molar-refractivity contribution in [3.8, 4) is 5.75 Å². The van der Waals surface area contributed by atoms with Crippen molar-refractivity contribution in [2.75, 3.05) is 5.73 Å². The van der Waals surface area contributed by atoms with Crippen molar-refractivity contribution >= 4 is 16.6 Å².